The highest BCUT2D eigenvalue weighted by Gasteiger charge is 2.25. The highest BCUT2D eigenvalue weighted by Crippen LogP contribution is 2.27. The fourth-order valence-electron chi connectivity index (χ4n) is 2.16. The molecule has 3 nitrogen and oxygen atoms in total. The summed E-state index contributed by atoms with van der Waals surface area (Å²) in [5.74, 6) is 0.154. The molecule has 0 saturated heterocycles. The molecule has 1 aliphatic rings. The molecular weight excluding hydrogens is 238 g/mol. The summed E-state index contributed by atoms with van der Waals surface area (Å²) in [5.41, 5.74) is 0.465. The van der Waals surface area contributed by atoms with Crippen LogP contribution in [0.2, 0.25) is 5.15 Å². The van der Waals surface area contributed by atoms with Crippen molar-refractivity contribution >= 4 is 17.6 Å². The minimum absolute atomic E-state index is 0.0481. The maximum atomic E-state index is 11.9. The van der Waals surface area contributed by atoms with Crippen LogP contribution >= 0.6 is 11.6 Å². The summed E-state index contributed by atoms with van der Waals surface area (Å²) in [4.78, 5) is 15.7. The van der Waals surface area contributed by atoms with Gasteiger partial charge in [0.2, 0.25) is 0 Å². The maximum absolute atomic E-state index is 11.9. The molecule has 0 spiro atoms. The molecule has 1 fully saturated rings. The first-order valence-electron chi connectivity index (χ1n) is 5.99. The van der Waals surface area contributed by atoms with Gasteiger partial charge >= 0.3 is 5.97 Å². The molecule has 4 heteroatoms. The normalized spacial score (nSPS) is 24.4. The molecule has 17 heavy (non-hydrogen) atoms. The number of aromatic nitrogens is 1. The van der Waals surface area contributed by atoms with Gasteiger partial charge in [-0.05, 0) is 37.3 Å². The van der Waals surface area contributed by atoms with E-state index in [2.05, 4.69) is 11.9 Å². The molecule has 1 heterocycles. The summed E-state index contributed by atoms with van der Waals surface area (Å²) in [6, 6.07) is 3.24. The summed E-state index contributed by atoms with van der Waals surface area (Å²) in [5, 5.41) is 0.382. The van der Waals surface area contributed by atoms with E-state index in [0.29, 0.717) is 16.6 Å². The van der Waals surface area contributed by atoms with Crippen molar-refractivity contribution in [3.8, 4) is 0 Å². The fourth-order valence-corrected chi connectivity index (χ4v) is 2.27. The second kappa shape index (κ2) is 5.50. The summed E-state index contributed by atoms with van der Waals surface area (Å²) >= 11 is 5.67. The molecule has 1 aromatic rings. The van der Waals surface area contributed by atoms with Crippen LogP contribution in [0, 0.1) is 5.92 Å². The molecule has 2 atom stereocenters. The molecule has 1 aliphatic carbocycles. The third-order valence-electron chi connectivity index (χ3n) is 3.25. The van der Waals surface area contributed by atoms with Crippen LogP contribution in [-0.2, 0) is 4.74 Å². The molecule has 0 amide bonds. The van der Waals surface area contributed by atoms with E-state index in [9.17, 15) is 4.79 Å². The van der Waals surface area contributed by atoms with E-state index in [1.165, 1.54) is 12.6 Å². The Balaban J connectivity index is 1.98. The van der Waals surface area contributed by atoms with E-state index in [1.54, 1.807) is 12.1 Å². The van der Waals surface area contributed by atoms with E-state index in [-0.39, 0.29) is 12.1 Å². The van der Waals surface area contributed by atoms with Crippen molar-refractivity contribution in [1.82, 2.24) is 4.98 Å². The second-order valence-corrected chi connectivity index (χ2v) is 4.96. The Labute approximate surface area is 106 Å². The quantitative estimate of drug-likeness (QED) is 0.598. The number of rotatable bonds is 2. The first-order chi connectivity index (χ1) is 8.16. The lowest BCUT2D eigenvalue weighted by atomic mass is 9.88. The number of hydrogen-bond donors (Lipinski definition) is 0. The summed E-state index contributed by atoms with van der Waals surface area (Å²) in [6.07, 6.45) is 5.98. The van der Waals surface area contributed by atoms with Crippen LogP contribution in [0.1, 0.15) is 43.0 Å². The predicted molar refractivity (Wildman–Crippen MR) is 66.1 cm³/mol. The average molecular weight is 254 g/mol. The Morgan fingerprint density at radius 3 is 2.82 bits per heavy atom. The number of halogens is 1. The zero-order valence-corrected chi connectivity index (χ0v) is 10.6. The number of nitrogens with zero attached hydrogens (tertiary/aromatic N) is 1. The molecule has 0 aliphatic heterocycles. The summed E-state index contributed by atoms with van der Waals surface area (Å²) < 4.78 is 5.51. The van der Waals surface area contributed by atoms with Crippen molar-refractivity contribution in [2.45, 2.75) is 38.7 Å². The first-order valence-corrected chi connectivity index (χ1v) is 6.37. The van der Waals surface area contributed by atoms with Gasteiger partial charge in [-0.25, -0.2) is 9.78 Å². The zero-order valence-electron chi connectivity index (χ0n) is 9.86. The number of pyridine rings is 1. The Kier molecular flexibility index (Phi) is 4.00. The minimum atomic E-state index is -0.298. The standard InChI is InChI=1S/C13H16ClNO2/c1-9-4-2-3-5-11(9)17-13(16)10-6-7-12(14)15-8-10/h6-9,11H,2-5H2,1H3. The number of hydrogen-bond acceptors (Lipinski definition) is 3. The van der Waals surface area contributed by atoms with Gasteiger partial charge in [0, 0.05) is 6.20 Å². The molecule has 2 unspecified atom stereocenters. The van der Waals surface area contributed by atoms with Gasteiger partial charge in [0.15, 0.2) is 0 Å². The minimum Gasteiger partial charge on any atom is -0.458 e. The third-order valence-corrected chi connectivity index (χ3v) is 3.48. The van der Waals surface area contributed by atoms with Gasteiger partial charge in [0.25, 0.3) is 0 Å². The molecule has 0 aromatic carbocycles. The Bertz CT molecular complexity index is 391. The topological polar surface area (TPSA) is 39.2 Å². The summed E-state index contributed by atoms with van der Waals surface area (Å²) in [7, 11) is 0. The third kappa shape index (κ3) is 3.19. The van der Waals surface area contributed by atoms with Crippen molar-refractivity contribution in [3.63, 3.8) is 0 Å². The Morgan fingerprint density at radius 2 is 2.18 bits per heavy atom. The van der Waals surface area contributed by atoms with Gasteiger partial charge in [0.1, 0.15) is 11.3 Å². The molecule has 2 rings (SSSR count). The van der Waals surface area contributed by atoms with E-state index in [1.807, 2.05) is 0 Å². The van der Waals surface area contributed by atoms with Crippen LogP contribution in [0.25, 0.3) is 0 Å². The predicted octanol–water partition coefficient (Wildman–Crippen LogP) is 3.47. The van der Waals surface area contributed by atoms with Crippen molar-refractivity contribution in [3.05, 3.63) is 29.0 Å². The van der Waals surface area contributed by atoms with Gasteiger partial charge in [-0.15, -0.1) is 0 Å². The SMILES string of the molecule is CC1CCCCC1OC(=O)c1ccc(Cl)nc1. The molecular formula is C13H16ClNO2. The van der Waals surface area contributed by atoms with Gasteiger partial charge < -0.3 is 4.74 Å². The van der Waals surface area contributed by atoms with E-state index < -0.39 is 0 Å². The smallest absolute Gasteiger partial charge is 0.339 e. The number of carbonyl (C=O) groups excluding carboxylic acids is 1. The van der Waals surface area contributed by atoms with Crippen LogP contribution in [0.5, 0.6) is 0 Å². The van der Waals surface area contributed by atoms with Crippen molar-refractivity contribution < 1.29 is 9.53 Å². The fraction of sp³-hybridized carbons (Fsp3) is 0.538. The average Bonchev–Trinajstić information content (AvgIpc) is 2.33. The second-order valence-electron chi connectivity index (χ2n) is 4.58. The summed E-state index contributed by atoms with van der Waals surface area (Å²) in [6.45, 7) is 2.14. The first kappa shape index (κ1) is 12.4. The van der Waals surface area contributed by atoms with Crippen LogP contribution in [0.15, 0.2) is 18.3 Å². The van der Waals surface area contributed by atoms with Gasteiger partial charge in [0.05, 0.1) is 5.56 Å². The zero-order chi connectivity index (χ0) is 12.3. The lowest BCUT2D eigenvalue weighted by Crippen LogP contribution is -2.28. The number of esters is 1. The molecule has 0 radical (unpaired) electrons. The van der Waals surface area contributed by atoms with Crippen molar-refractivity contribution in [1.29, 1.82) is 0 Å². The molecule has 1 aromatic heterocycles. The van der Waals surface area contributed by atoms with E-state index >= 15 is 0 Å². The van der Waals surface area contributed by atoms with Crippen LogP contribution in [0.3, 0.4) is 0 Å². The molecule has 0 N–H and O–H groups in total. The Hall–Kier alpha value is -1.09. The molecule has 1 saturated carbocycles. The maximum Gasteiger partial charge on any atom is 0.339 e. The monoisotopic (exact) mass is 253 g/mol. The highest BCUT2D eigenvalue weighted by molar-refractivity contribution is 6.29. The van der Waals surface area contributed by atoms with Gasteiger partial charge in [-0.2, -0.15) is 0 Å². The number of carbonyl (C=O) groups is 1. The highest BCUT2D eigenvalue weighted by atomic mass is 35.5. The molecule has 92 valence electrons. The van der Waals surface area contributed by atoms with Crippen LogP contribution in [-0.4, -0.2) is 17.1 Å². The van der Waals surface area contributed by atoms with Crippen molar-refractivity contribution in [2.24, 2.45) is 5.92 Å². The lowest BCUT2D eigenvalue weighted by molar-refractivity contribution is 0.00477. The van der Waals surface area contributed by atoms with E-state index in [4.69, 9.17) is 16.3 Å². The van der Waals surface area contributed by atoms with Gasteiger partial charge in [-0.3, -0.25) is 0 Å². The Morgan fingerprint density at radius 1 is 1.41 bits per heavy atom. The van der Waals surface area contributed by atoms with Crippen molar-refractivity contribution in [2.75, 3.05) is 0 Å². The molecule has 0 bridgehead atoms. The van der Waals surface area contributed by atoms with Crippen LogP contribution in [0.4, 0.5) is 0 Å². The lowest BCUT2D eigenvalue weighted by Gasteiger charge is -2.28. The largest absolute Gasteiger partial charge is 0.458 e. The van der Waals surface area contributed by atoms with E-state index in [0.717, 1.165) is 19.3 Å². The number of ether oxygens (including phenoxy) is 1. The van der Waals surface area contributed by atoms with Gasteiger partial charge in [-0.1, -0.05) is 24.9 Å². The van der Waals surface area contributed by atoms with Crippen LogP contribution < -0.4 is 0 Å².